The van der Waals surface area contributed by atoms with Crippen LogP contribution in [0.2, 0.25) is 0 Å². The number of hydrogen-bond donors (Lipinski definition) is 2. The molecule has 1 heterocycles. The summed E-state index contributed by atoms with van der Waals surface area (Å²) in [6, 6.07) is 3.22. The Morgan fingerprint density at radius 3 is 2.70 bits per heavy atom. The molecule has 1 aliphatic rings. The number of nitrogens with zero attached hydrogens (tertiary/aromatic N) is 1. The fraction of sp³-hybridized carbons (Fsp3) is 0.579. The van der Waals surface area contributed by atoms with Gasteiger partial charge in [0.05, 0.1) is 44.7 Å². The van der Waals surface area contributed by atoms with Crippen LogP contribution in [0.25, 0.3) is 0 Å². The molecule has 0 unspecified atom stereocenters. The smallest absolute Gasteiger partial charge is 0.305 e. The highest BCUT2D eigenvalue weighted by atomic mass is 16.5. The van der Waals surface area contributed by atoms with Crippen molar-refractivity contribution in [1.29, 1.82) is 0 Å². The lowest BCUT2D eigenvalue weighted by Crippen LogP contribution is -2.37. The highest BCUT2D eigenvalue weighted by Gasteiger charge is 2.30. The van der Waals surface area contributed by atoms with E-state index in [4.69, 9.17) is 9.47 Å². The second-order valence-electron chi connectivity index (χ2n) is 6.30. The van der Waals surface area contributed by atoms with Crippen molar-refractivity contribution >= 4 is 17.6 Å². The van der Waals surface area contributed by atoms with E-state index >= 15 is 0 Å². The van der Waals surface area contributed by atoms with Crippen LogP contribution in [0.15, 0.2) is 12.1 Å². The molecule has 1 saturated heterocycles. The zero-order chi connectivity index (χ0) is 19.8. The molecule has 1 aromatic rings. The van der Waals surface area contributed by atoms with Crippen molar-refractivity contribution in [3.63, 3.8) is 0 Å². The Balaban J connectivity index is 2.17. The van der Waals surface area contributed by atoms with Gasteiger partial charge in [0.25, 0.3) is 5.91 Å². The number of carbonyl (C=O) groups is 2. The second kappa shape index (κ2) is 10.0. The van der Waals surface area contributed by atoms with Crippen molar-refractivity contribution in [1.82, 2.24) is 4.90 Å². The van der Waals surface area contributed by atoms with Gasteiger partial charge in [0.2, 0.25) is 0 Å². The maximum atomic E-state index is 13.0. The number of anilines is 1. The van der Waals surface area contributed by atoms with Gasteiger partial charge in [-0.3, -0.25) is 9.59 Å². The molecular formula is C19H28N2O6. The Hall–Kier alpha value is -2.48. The minimum Gasteiger partial charge on any atom is -0.493 e. The number of methoxy groups -OCH3 is 2. The number of aliphatic hydroxyl groups is 1. The molecule has 27 heavy (non-hydrogen) atoms. The molecule has 0 bridgehead atoms. The second-order valence-corrected chi connectivity index (χ2v) is 6.30. The van der Waals surface area contributed by atoms with Crippen molar-refractivity contribution in [3.05, 3.63) is 17.7 Å². The fourth-order valence-corrected chi connectivity index (χ4v) is 3.16. The normalized spacial score (nSPS) is 16.1. The van der Waals surface area contributed by atoms with E-state index in [2.05, 4.69) is 10.1 Å². The highest BCUT2D eigenvalue weighted by Crippen LogP contribution is 2.35. The Morgan fingerprint density at radius 1 is 1.30 bits per heavy atom. The number of likely N-dealkylation sites (tertiary alicyclic amines) is 1. The number of ether oxygens (including phenoxy) is 3. The van der Waals surface area contributed by atoms with Crippen molar-refractivity contribution in [2.24, 2.45) is 0 Å². The molecule has 8 nitrogen and oxygen atoms in total. The third kappa shape index (κ3) is 5.03. The first-order chi connectivity index (χ1) is 13.0. The van der Waals surface area contributed by atoms with Crippen LogP contribution in [0.1, 0.15) is 36.0 Å². The van der Waals surface area contributed by atoms with Gasteiger partial charge in [-0.2, -0.15) is 0 Å². The SMILES string of the molecule is CNc1cc(OCCCC(=O)OC)c(OC)cc1C(=O)N1CCC[C@H]1CO. The van der Waals surface area contributed by atoms with E-state index in [1.165, 1.54) is 14.2 Å². The topological polar surface area (TPSA) is 97.3 Å². The van der Waals surface area contributed by atoms with Crippen LogP contribution < -0.4 is 14.8 Å². The predicted molar refractivity (Wildman–Crippen MR) is 100 cm³/mol. The van der Waals surface area contributed by atoms with E-state index < -0.39 is 0 Å². The first-order valence-electron chi connectivity index (χ1n) is 9.06. The summed E-state index contributed by atoms with van der Waals surface area (Å²) >= 11 is 0. The number of carbonyl (C=O) groups excluding carboxylic acids is 2. The van der Waals surface area contributed by atoms with Gasteiger partial charge in [0, 0.05) is 26.1 Å². The summed E-state index contributed by atoms with van der Waals surface area (Å²) < 4.78 is 15.7. The molecule has 1 aromatic carbocycles. The monoisotopic (exact) mass is 380 g/mol. The first kappa shape index (κ1) is 20.8. The van der Waals surface area contributed by atoms with Gasteiger partial charge >= 0.3 is 5.97 Å². The number of hydrogen-bond acceptors (Lipinski definition) is 7. The Bertz CT molecular complexity index is 664. The van der Waals surface area contributed by atoms with E-state index in [-0.39, 0.29) is 30.9 Å². The molecular weight excluding hydrogens is 352 g/mol. The number of esters is 1. The van der Waals surface area contributed by atoms with E-state index in [0.29, 0.717) is 42.3 Å². The van der Waals surface area contributed by atoms with Crippen LogP contribution in [0.4, 0.5) is 5.69 Å². The zero-order valence-corrected chi connectivity index (χ0v) is 16.1. The number of aliphatic hydroxyl groups excluding tert-OH is 1. The molecule has 0 aromatic heterocycles. The summed E-state index contributed by atoms with van der Waals surface area (Å²) in [6.07, 6.45) is 2.46. The van der Waals surface area contributed by atoms with Crippen molar-refractivity contribution < 1.29 is 28.9 Å². The molecule has 150 valence electrons. The zero-order valence-electron chi connectivity index (χ0n) is 16.1. The lowest BCUT2D eigenvalue weighted by Gasteiger charge is -2.25. The largest absolute Gasteiger partial charge is 0.493 e. The van der Waals surface area contributed by atoms with Crippen LogP contribution in [0.3, 0.4) is 0 Å². The van der Waals surface area contributed by atoms with Gasteiger partial charge in [0.1, 0.15) is 0 Å². The lowest BCUT2D eigenvalue weighted by molar-refractivity contribution is -0.140. The maximum absolute atomic E-state index is 13.0. The Kier molecular flexibility index (Phi) is 7.72. The number of rotatable bonds is 9. The quantitative estimate of drug-likeness (QED) is 0.497. The first-order valence-corrected chi connectivity index (χ1v) is 9.06. The molecule has 8 heteroatoms. The van der Waals surface area contributed by atoms with Gasteiger partial charge in [0.15, 0.2) is 11.5 Å². The standard InChI is InChI=1S/C19H28N2O6/c1-20-15-11-17(27-9-5-7-18(23)26-3)16(25-2)10-14(15)19(24)21-8-4-6-13(21)12-22/h10-11,13,20,22H,4-9,12H2,1-3H3/t13-/m0/s1. The summed E-state index contributed by atoms with van der Waals surface area (Å²) in [5.41, 5.74) is 1.09. The molecule has 0 aliphatic carbocycles. The summed E-state index contributed by atoms with van der Waals surface area (Å²) in [4.78, 5) is 25.8. The molecule has 1 aliphatic heterocycles. The maximum Gasteiger partial charge on any atom is 0.305 e. The van der Waals surface area contributed by atoms with E-state index in [9.17, 15) is 14.7 Å². The van der Waals surface area contributed by atoms with Gasteiger partial charge in [-0.05, 0) is 25.3 Å². The van der Waals surface area contributed by atoms with Crippen LogP contribution in [-0.2, 0) is 9.53 Å². The Labute approximate surface area is 159 Å². The molecule has 2 N–H and O–H groups in total. The molecule has 0 spiro atoms. The van der Waals surface area contributed by atoms with E-state index in [0.717, 1.165) is 12.8 Å². The van der Waals surface area contributed by atoms with E-state index in [1.54, 1.807) is 24.1 Å². The van der Waals surface area contributed by atoms with Gasteiger partial charge in [-0.25, -0.2) is 0 Å². The molecule has 1 amide bonds. The average Bonchev–Trinajstić information content (AvgIpc) is 3.18. The third-order valence-corrected chi connectivity index (χ3v) is 4.66. The lowest BCUT2D eigenvalue weighted by atomic mass is 10.1. The third-order valence-electron chi connectivity index (χ3n) is 4.66. The van der Waals surface area contributed by atoms with Gasteiger partial charge < -0.3 is 29.5 Å². The van der Waals surface area contributed by atoms with Crippen LogP contribution in [0.5, 0.6) is 11.5 Å². The number of benzene rings is 1. The molecule has 0 saturated carbocycles. The number of amides is 1. The predicted octanol–water partition coefficient (Wildman–Crippen LogP) is 1.67. The highest BCUT2D eigenvalue weighted by molar-refractivity contribution is 6.01. The molecule has 1 atom stereocenters. The minimum atomic E-state index is -0.286. The average molecular weight is 380 g/mol. The summed E-state index contributed by atoms with van der Waals surface area (Å²) in [5, 5.41) is 12.5. The van der Waals surface area contributed by atoms with Crippen molar-refractivity contribution in [2.75, 3.05) is 46.3 Å². The van der Waals surface area contributed by atoms with E-state index in [1.807, 2.05) is 0 Å². The van der Waals surface area contributed by atoms with Crippen LogP contribution in [0, 0.1) is 0 Å². The van der Waals surface area contributed by atoms with Gasteiger partial charge in [-0.1, -0.05) is 0 Å². The number of nitrogens with one attached hydrogen (secondary N) is 1. The fourth-order valence-electron chi connectivity index (χ4n) is 3.16. The molecule has 2 rings (SSSR count). The molecule has 1 fully saturated rings. The van der Waals surface area contributed by atoms with Gasteiger partial charge in [-0.15, -0.1) is 0 Å². The summed E-state index contributed by atoms with van der Waals surface area (Å²) in [6.45, 7) is 0.904. The minimum absolute atomic E-state index is 0.0425. The Morgan fingerprint density at radius 2 is 2.07 bits per heavy atom. The van der Waals surface area contributed by atoms with Crippen LogP contribution in [-0.4, -0.2) is 69.0 Å². The molecule has 0 radical (unpaired) electrons. The summed E-state index contributed by atoms with van der Waals surface area (Å²) in [5.74, 6) is 0.497. The van der Waals surface area contributed by atoms with Crippen molar-refractivity contribution in [2.45, 2.75) is 31.7 Å². The summed E-state index contributed by atoms with van der Waals surface area (Å²) in [7, 11) is 4.59. The van der Waals surface area contributed by atoms with Crippen LogP contribution >= 0.6 is 0 Å². The van der Waals surface area contributed by atoms with Crippen molar-refractivity contribution in [3.8, 4) is 11.5 Å².